The van der Waals surface area contributed by atoms with Crippen molar-refractivity contribution in [2.24, 2.45) is 0 Å². The second kappa shape index (κ2) is 5.65. The van der Waals surface area contributed by atoms with Crippen LogP contribution in [0.15, 0.2) is 47.2 Å². The van der Waals surface area contributed by atoms with E-state index in [0.717, 1.165) is 19.6 Å². The number of hydrogen-bond donors (Lipinski definition) is 1. The molecule has 2 heterocycles. The molecule has 0 saturated carbocycles. The molecule has 0 spiro atoms. The highest BCUT2D eigenvalue weighted by Gasteiger charge is 2.28. The van der Waals surface area contributed by atoms with Crippen LogP contribution in [-0.2, 0) is 11.3 Å². The van der Waals surface area contributed by atoms with Gasteiger partial charge in [-0.2, -0.15) is 11.3 Å². The first kappa shape index (κ1) is 11.9. The molecule has 0 unspecified atom stereocenters. The fourth-order valence-electron chi connectivity index (χ4n) is 2.41. The highest BCUT2D eigenvalue weighted by Crippen LogP contribution is 2.29. The minimum atomic E-state index is 0.199. The van der Waals surface area contributed by atoms with Crippen LogP contribution in [0.2, 0.25) is 0 Å². The number of rotatable bonds is 4. The summed E-state index contributed by atoms with van der Waals surface area (Å²) in [4.78, 5) is 0. The van der Waals surface area contributed by atoms with Gasteiger partial charge in [-0.3, -0.25) is 0 Å². The molecule has 2 aromatic rings. The van der Waals surface area contributed by atoms with Crippen molar-refractivity contribution in [1.82, 2.24) is 5.32 Å². The molecule has 1 aromatic heterocycles. The molecule has 3 rings (SSSR count). The maximum absolute atomic E-state index is 5.86. The largest absolute Gasteiger partial charge is 0.372 e. The monoisotopic (exact) mass is 259 g/mol. The molecule has 94 valence electrons. The second-order valence-corrected chi connectivity index (χ2v) is 5.39. The summed E-state index contributed by atoms with van der Waals surface area (Å²) in [6.07, 6.45) is 1.29. The number of thiophene rings is 1. The van der Waals surface area contributed by atoms with Gasteiger partial charge in [-0.05, 0) is 34.4 Å². The van der Waals surface area contributed by atoms with Crippen molar-refractivity contribution in [3.63, 3.8) is 0 Å². The molecule has 1 N–H and O–H groups in total. The molecular weight excluding hydrogens is 242 g/mol. The maximum Gasteiger partial charge on any atom is 0.0978 e. The van der Waals surface area contributed by atoms with E-state index in [0.29, 0.717) is 6.04 Å². The summed E-state index contributed by atoms with van der Waals surface area (Å²) in [6.45, 7) is 1.78. The zero-order valence-corrected chi connectivity index (χ0v) is 11.0. The summed E-state index contributed by atoms with van der Waals surface area (Å²) < 4.78 is 5.86. The van der Waals surface area contributed by atoms with Gasteiger partial charge in [-0.1, -0.05) is 30.3 Å². The molecular formula is C15H17NOS. The van der Waals surface area contributed by atoms with E-state index in [-0.39, 0.29) is 6.10 Å². The quantitative estimate of drug-likeness (QED) is 0.909. The van der Waals surface area contributed by atoms with E-state index < -0.39 is 0 Å². The Kier molecular flexibility index (Phi) is 3.74. The van der Waals surface area contributed by atoms with E-state index >= 15 is 0 Å². The van der Waals surface area contributed by atoms with Crippen LogP contribution in [0, 0.1) is 0 Å². The van der Waals surface area contributed by atoms with Gasteiger partial charge < -0.3 is 10.1 Å². The zero-order chi connectivity index (χ0) is 12.2. The normalized spacial score (nSPS) is 23.3. The molecule has 0 bridgehead atoms. The molecule has 3 heteroatoms. The Balaban J connectivity index is 1.65. The first-order valence-corrected chi connectivity index (χ1v) is 7.29. The van der Waals surface area contributed by atoms with Crippen LogP contribution >= 0.6 is 11.3 Å². The van der Waals surface area contributed by atoms with E-state index in [1.54, 1.807) is 11.3 Å². The standard InChI is InChI=1S/C15H17NOS/c1-2-4-13(5-3-1)15-14(6-8-17-15)16-10-12-7-9-18-11-12/h1-5,7,9,11,14-16H,6,8,10H2/t14-,15+/m1/s1. The van der Waals surface area contributed by atoms with Crippen molar-refractivity contribution in [1.29, 1.82) is 0 Å². The molecule has 0 aliphatic carbocycles. The number of benzene rings is 1. The number of nitrogens with one attached hydrogen (secondary N) is 1. The van der Waals surface area contributed by atoms with Gasteiger partial charge in [-0.25, -0.2) is 0 Å². The van der Waals surface area contributed by atoms with Crippen LogP contribution in [0.5, 0.6) is 0 Å². The Hall–Kier alpha value is -1.16. The van der Waals surface area contributed by atoms with Crippen LogP contribution in [0.3, 0.4) is 0 Å². The summed E-state index contributed by atoms with van der Waals surface area (Å²) in [6, 6.07) is 13.1. The summed E-state index contributed by atoms with van der Waals surface area (Å²) in [5.74, 6) is 0. The minimum Gasteiger partial charge on any atom is -0.372 e. The average molecular weight is 259 g/mol. The van der Waals surface area contributed by atoms with Crippen LogP contribution in [-0.4, -0.2) is 12.6 Å². The molecule has 2 atom stereocenters. The summed E-state index contributed by atoms with van der Waals surface area (Å²) in [5.41, 5.74) is 2.64. The van der Waals surface area contributed by atoms with Gasteiger partial charge in [0.2, 0.25) is 0 Å². The van der Waals surface area contributed by atoms with Crippen LogP contribution in [0.25, 0.3) is 0 Å². The van der Waals surface area contributed by atoms with E-state index in [4.69, 9.17) is 4.74 Å². The van der Waals surface area contributed by atoms with Gasteiger partial charge in [0.05, 0.1) is 6.10 Å². The Morgan fingerprint density at radius 3 is 2.89 bits per heavy atom. The van der Waals surface area contributed by atoms with Crippen molar-refractivity contribution >= 4 is 11.3 Å². The first-order valence-electron chi connectivity index (χ1n) is 6.34. The predicted molar refractivity (Wildman–Crippen MR) is 74.7 cm³/mol. The number of hydrogen-bond acceptors (Lipinski definition) is 3. The third-order valence-corrected chi connectivity index (χ3v) is 4.10. The van der Waals surface area contributed by atoms with Crippen molar-refractivity contribution in [3.8, 4) is 0 Å². The van der Waals surface area contributed by atoms with Crippen molar-refractivity contribution in [3.05, 3.63) is 58.3 Å². The van der Waals surface area contributed by atoms with Crippen LogP contribution in [0.1, 0.15) is 23.7 Å². The topological polar surface area (TPSA) is 21.3 Å². The zero-order valence-electron chi connectivity index (χ0n) is 10.2. The average Bonchev–Trinajstić information content (AvgIpc) is 3.09. The number of ether oxygens (including phenoxy) is 1. The van der Waals surface area contributed by atoms with E-state index in [9.17, 15) is 0 Å². The van der Waals surface area contributed by atoms with Gasteiger partial charge in [0.1, 0.15) is 0 Å². The Morgan fingerprint density at radius 1 is 1.22 bits per heavy atom. The lowest BCUT2D eigenvalue weighted by Crippen LogP contribution is -2.31. The fourth-order valence-corrected chi connectivity index (χ4v) is 3.08. The molecule has 18 heavy (non-hydrogen) atoms. The molecule has 0 radical (unpaired) electrons. The Bertz CT molecular complexity index is 469. The van der Waals surface area contributed by atoms with Crippen molar-refractivity contribution < 1.29 is 4.74 Å². The lowest BCUT2D eigenvalue weighted by molar-refractivity contribution is 0.0985. The first-order chi connectivity index (χ1) is 8.93. The second-order valence-electron chi connectivity index (χ2n) is 4.61. The molecule has 1 aliphatic heterocycles. The van der Waals surface area contributed by atoms with E-state index in [1.807, 2.05) is 6.07 Å². The Morgan fingerprint density at radius 2 is 2.11 bits per heavy atom. The highest BCUT2D eigenvalue weighted by atomic mass is 32.1. The summed E-state index contributed by atoms with van der Waals surface area (Å²) >= 11 is 1.75. The smallest absolute Gasteiger partial charge is 0.0978 e. The van der Waals surface area contributed by atoms with Gasteiger partial charge in [0.25, 0.3) is 0 Å². The minimum absolute atomic E-state index is 0.199. The highest BCUT2D eigenvalue weighted by molar-refractivity contribution is 7.07. The summed E-state index contributed by atoms with van der Waals surface area (Å²) in [7, 11) is 0. The molecule has 1 aliphatic rings. The maximum atomic E-state index is 5.86. The van der Waals surface area contributed by atoms with Gasteiger partial charge in [0.15, 0.2) is 0 Å². The SMILES string of the molecule is c1ccc([C@@H]2OCC[C@H]2NCc2ccsc2)cc1. The lowest BCUT2D eigenvalue weighted by atomic mass is 10.0. The van der Waals surface area contributed by atoms with Gasteiger partial charge in [0, 0.05) is 19.2 Å². The van der Waals surface area contributed by atoms with Crippen molar-refractivity contribution in [2.75, 3.05) is 6.61 Å². The predicted octanol–water partition coefficient (Wildman–Crippen LogP) is 3.37. The third kappa shape index (κ3) is 2.64. The van der Waals surface area contributed by atoms with Crippen molar-refractivity contribution in [2.45, 2.75) is 25.1 Å². The fraction of sp³-hybridized carbons (Fsp3) is 0.333. The lowest BCUT2D eigenvalue weighted by Gasteiger charge is -2.20. The van der Waals surface area contributed by atoms with Crippen LogP contribution in [0.4, 0.5) is 0 Å². The molecule has 2 nitrogen and oxygen atoms in total. The van der Waals surface area contributed by atoms with E-state index in [1.165, 1.54) is 11.1 Å². The Labute approximate surface area is 112 Å². The molecule has 1 saturated heterocycles. The summed E-state index contributed by atoms with van der Waals surface area (Å²) in [5, 5.41) is 7.93. The third-order valence-electron chi connectivity index (χ3n) is 3.37. The van der Waals surface area contributed by atoms with E-state index in [2.05, 4.69) is 46.4 Å². The van der Waals surface area contributed by atoms with Gasteiger partial charge in [-0.15, -0.1) is 0 Å². The van der Waals surface area contributed by atoms with Crippen LogP contribution < -0.4 is 5.32 Å². The molecule has 1 aromatic carbocycles. The molecule has 1 fully saturated rings. The van der Waals surface area contributed by atoms with Gasteiger partial charge >= 0.3 is 0 Å². The molecule has 0 amide bonds.